The van der Waals surface area contributed by atoms with E-state index in [4.69, 9.17) is 14.2 Å². The van der Waals surface area contributed by atoms with E-state index >= 15 is 0 Å². The van der Waals surface area contributed by atoms with E-state index < -0.39 is 42.0 Å². The molecule has 0 aromatic carbocycles. The summed E-state index contributed by atoms with van der Waals surface area (Å²) in [5.41, 5.74) is -1.08. The Morgan fingerprint density at radius 2 is 1.97 bits per heavy atom. The van der Waals surface area contributed by atoms with E-state index in [0.29, 0.717) is 24.6 Å². The molecule has 4 fully saturated rings. The number of fused-ring (bicyclic) bond motifs is 3. The first-order valence-electron chi connectivity index (χ1n) is 11.5. The molecule has 2 N–H and O–H groups in total. The number of rotatable bonds is 5. The van der Waals surface area contributed by atoms with Crippen molar-refractivity contribution in [2.45, 2.75) is 75.8 Å². The number of carbonyl (C=O) groups excluding carboxylic acids is 1. The van der Waals surface area contributed by atoms with Crippen LogP contribution in [-0.4, -0.2) is 59.2 Å². The monoisotopic (exact) mass is 470 g/mol. The SMILES string of the molecule is CC1(C)O[C@@H]2[C@H](O1)[C@@H](Nc1cncc(C(F)(F)F)n1)CO[C@@H]2CNC(=O)C1C[C@@H]2CC[C@H]1C2. The molecule has 5 rings (SSSR count). The molecule has 8 nitrogen and oxygen atoms in total. The molecule has 2 saturated carbocycles. The Balaban J connectivity index is 1.23. The van der Waals surface area contributed by atoms with Gasteiger partial charge in [-0.25, -0.2) is 4.98 Å². The van der Waals surface area contributed by atoms with Crippen molar-refractivity contribution in [2.24, 2.45) is 17.8 Å². The standard InChI is InChI=1S/C22H29F3N4O4/c1-21(2)32-18-14(28-17-9-26-8-16(29-17)22(23,24)25)10-31-15(19(18)33-21)7-27-20(30)13-6-11-3-4-12(13)5-11/h8-9,11-15,18-19H,3-7,10H2,1-2H3,(H,27,30)(H,28,29)/t11-,12+,13?,14+,15-,18-,19+/m1/s1. The molecule has 182 valence electrons. The highest BCUT2D eigenvalue weighted by Crippen LogP contribution is 2.48. The van der Waals surface area contributed by atoms with Crippen LogP contribution in [0.4, 0.5) is 19.0 Å². The molecular weight excluding hydrogens is 441 g/mol. The summed E-state index contributed by atoms with van der Waals surface area (Å²) in [7, 11) is 0. The number of ether oxygens (including phenoxy) is 3. The number of anilines is 1. The maximum atomic E-state index is 13.0. The summed E-state index contributed by atoms with van der Waals surface area (Å²) < 4.78 is 57.1. The lowest BCUT2D eigenvalue weighted by Gasteiger charge is -2.37. The lowest BCUT2D eigenvalue weighted by atomic mass is 9.88. The molecule has 2 aliphatic carbocycles. The van der Waals surface area contributed by atoms with Crippen molar-refractivity contribution in [3.63, 3.8) is 0 Å². The Labute approximate surface area is 190 Å². The number of alkyl halides is 3. The second-order valence-corrected chi connectivity index (χ2v) is 10.0. The number of aromatic nitrogens is 2. The molecule has 2 bridgehead atoms. The van der Waals surface area contributed by atoms with Crippen molar-refractivity contribution >= 4 is 11.7 Å². The molecule has 1 aromatic heterocycles. The summed E-state index contributed by atoms with van der Waals surface area (Å²) in [5, 5.41) is 6.00. The summed E-state index contributed by atoms with van der Waals surface area (Å²) in [6, 6.07) is -0.493. The fourth-order valence-corrected chi connectivity index (χ4v) is 5.79. The molecule has 0 radical (unpaired) electrons. The number of nitrogens with zero attached hydrogens (tertiary/aromatic N) is 2. The predicted octanol–water partition coefficient (Wildman–Crippen LogP) is 2.75. The van der Waals surface area contributed by atoms with Gasteiger partial charge in [0.25, 0.3) is 0 Å². The third-order valence-corrected chi connectivity index (χ3v) is 7.23. The molecule has 0 spiro atoms. The number of halogens is 3. The third-order valence-electron chi connectivity index (χ3n) is 7.23. The molecule has 3 heterocycles. The molecule has 2 aliphatic heterocycles. The van der Waals surface area contributed by atoms with Crippen LogP contribution in [0.1, 0.15) is 45.2 Å². The minimum absolute atomic E-state index is 0.0199. The van der Waals surface area contributed by atoms with Gasteiger partial charge in [0.2, 0.25) is 5.91 Å². The minimum Gasteiger partial charge on any atom is -0.371 e. The van der Waals surface area contributed by atoms with Gasteiger partial charge in [-0.1, -0.05) is 6.42 Å². The first kappa shape index (κ1) is 22.8. The van der Waals surface area contributed by atoms with E-state index in [9.17, 15) is 18.0 Å². The average molecular weight is 470 g/mol. The maximum absolute atomic E-state index is 13.0. The van der Waals surface area contributed by atoms with E-state index in [2.05, 4.69) is 20.6 Å². The highest BCUT2D eigenvalue weighted by molar-refractivity contribution is 5.79. The molecule has 11 heteroatoms. The second-order valence-electron chi connectivity index (χ2n) is 10.0. The number of carbonyl (C=O) groups is 1. The highest BCUT2D eigenvalue weighted by atomic mass is 19.4. The van der Waals surface area contributed by atoms with E-state index in [-0.39, 0.29) is 24.2 Å². The van der Waals surface area contributed by atoms with E-state index in [1.165, 1.54) is 12.6 Å². The zero-order valence-corrected chi connectivity index (χ0v) is 18.6. The van der Waals surface area contributed by atoms with Crippen LogP contribution < -0.4 is 10.6 Å². The van der Waals surface area contributed by atoms with Crippen LogP contribution in [0, 0.1) is 17.8 Å². The molecule has 4 aliphatic rings. The fourth-order valence-electron chi connectivity index (χ4n) is 5.79. The number of hydrogen-bond donors (Lipinski definition) is 2. The zero-order valence-electron chi connectivity index (χ0n) is 18.6. The van der Waals surface area contributed by atoms with Gasteiger partial charge in [0.15, 0.2) is 11.5 Å². The number of nitrogens with one attached hydrogen (secondary N) is 2. The van der Waals surface area contributed by atoms with Crippen LogP contribution in [-0.2, 0) is 25.2 Å². The Morgan fingerprint density at radius 3 is 2.67 bits per heavy atom. The van der Waals surface area contributed by atoms with Crippen LogP contribution in [0.5, 0.6) is 0 Å². The number of hydrogen-bond acceptors (Lipinski definition) is 7. The first-order valence-corrected chi connectivity index (χ1v) is 11.5. The normalized spacial score (nSPS) is 37.1. The molecule has 7 atom stereocenters. The van der Waals surface area contributed by atoms with Crippen LogP contribution in [0.2, 0.25) is 0 Å². The van der Waals surface area contributed by atoms with Gasteiger partial charge in [0.05, 0.1) is 25.0 Å². The fraction of sp³-hybridized carbons (Fsp3) is 0.773. The van der Waals surface area contributed by atoms with Crippen molar-refractivity contribution in [3.8, 4) is 0 Å². The summed E-state index contributed by atoms with van der Waals surface area (Å²) in [4.78, 5) is 20.0. The third kappa shape index (κ3) is 4.67. The Hall–Kier alpha value is -1.98. The summed E-state index contributed by atoms with van der Waals surface area (Å²) >= 11 is 0. The minimum atomic E-state index is -4.59. The maximum Gasteiger partial charge on any atom is 0.434 e. The summed E-state index contributed by atoms with van der Waals surface area (Å²) in [6.45, 7) is 4.01. The van der Waals surface area contributed by atoms with Gasteiger partial charge in [0.1, 0.15) is 24.1 Å². The van der Waals surface area contributed by atoms with E-state index in [0.717, 1.165) is 19.3 Å². The van der Waals surface area contributed by atoms with Gasteiger partial charge in [-0.15, -0.1) is 0 Å². The molecule has 1 amide bonds. The van der Waals surface area contributed by atoms with Crippen molar-refractivity contribution < 1.29 is 32.2 Å². The van der Waals surface area contributed by atoms with Gasteiger partial charge in [-0.05, 0) is 44.9 Å². The lowest BCUT2D eigenvalue weighted by molar-refractivity contribution is -0.153. The lowest BCUT2D eigenvalue weighted by Crippen LogP contribution is -2.57. The topological polar surface area (TPSA) is 94.6 Å². The quantitative estimate of drug-likeness (QED) is 0.683. The number of amides is 1. The van der Waals surface area contributed by atoms with Crippen molar-refractivity contribution in [3.05, 3.63) is 18.1 Å². The highest BCUT2D eigenvalue weighted by Gasteiger charge is 2.52. The average Bonchev–Trinajstić information content (AvgIpc) is 3.46. The summed E-state index contributed by atoms with van der Waals surface area (Å²) in [6.07, 6.45) is 0.382. The Kier molecular flexibility index (Phi) is 5.77. The predicted molar refractivity (Wildman–Crippen MR) is 110 cm³/mol. The Bertz CT molecular complexity index is 899. The van der Waals surface area contributed by atoms with E-state index in [1.54, 1.807) is 13.8 Å². The Morgan fingerprint density at radius 1 is 1.18 bits per heavy atom. The van der Waals surface area contributed by atoms with Gasteiger partial charge < -0.3 is 24.8 Å². The molecular formula is C22H29F3N4O4. The van der Waals surface area contributed by atoms with Gasteiger partial charge in [0, 0.05) is 12.5 Å². The van der Waals surface area contributed by atoms with Gasteiger partial charge >= 0.3 is 6.18 Å². The van der Waals surface area contributed by atoms with Crippen molar-refractivity contribution in [1.29, 1.82) is 0 Å². The van der Waals surface area contributed by atoms with Crippen molar-refractivity contribution in [1.82, 2.24) is 15.3 Å². The molecule has 33 heavy (non-hydrogen) atoms. The molecule has 1 unspecified atom stereocenters. The zero-order chi connectivity index (χ0) is 23.4. The summed E-state index contributed by atoms with van der Waals surface area (Å²) in [5.74, 6) is 0.402. The smallest absolute Gasteiger partial charge is 0.371 e. The van der Waals surface area contributed by atoms with E-state index in [1.807, 2.05) is 0 Å². The van der Waals surface area contributed by atoms with Gasteiger partial charge in [-0.2, -0.15) is 13.2 Å². The van der Waals surface area contributed by atoms with Gasteiger partial charge in [-0.3, -0.25) is 9.78 Å². The van der Waals surface area contributed by atoms with Crippen LogP contribution >= 0.6 is 0 Å². The van der Waals surface area contributed by atoms with Crippen molar-refractivity contribution in [2.75, 3.05) is 18.5 Å². The second kappa shape index (κ2) is 8.35. The largest absolute Gasteiger partial charge is 0.434 e. The molecule has 2 saturated heterocycles. The first-order chi connectivity index (χ1) is 15.6. The van der Waals surface area contributed by atoms with Crippen LogP contribution in [0.25, 0.3) is 0 Å². The van der Waals surface area contributed by atoms with Crippen LogP contribution in [0.15, 0.2) is 12.4 Å². The van der Waals surface area contributed by atoms with Crippen LogP contribution in [0.3, 0.4) is 0 Å². The molecule has 1 aromatic rings.